The Morgan fingerprint density at radius 3 is 2.86 bits per heavy atom. The van der Waals surface area contributed by atoms with Crippen molar-refractivity contribution >= 4 is 29.3 Å². The molecular formula is C14H17N3O3S. The molecule has 21 heavy (non-hydrogen) atoms. The van der Waals surface area contributed by atoms with Gasteiger partial charge in [-0.2, -0.15) is 11.8 Å². The Bertz CT molecular complexity index is 669. The Hall–Kier alpha value is -2.02. The van der Waals surface area contributed by atoms with E-state index in [1.165, 1.54) is 18.7 Å². The quantitative estimate of drug-likeness (QED) is 0.844. The molecule has 0 fully saturated rings. The number of carboxylic acids is 1. The number of carbonyl (C=O) groups is 2. The molecule has 0 aliphatic carbocycles. The average molecular weight is 307 g/mol. The van der Waals surface area contributed by atoms with E-state index in [2.05, 4.69) is 10.3 Å². The van der Waals surface area contributed by atoms with E-state index in [-0.39, 0.29) is 5.91 Å². The van der Waals surface area contributed by atoms with E-state index in [0.29, 0.717) is 11.5 Å². The maximum absolute atomic E-state index is 11.0. The summed E-state index contributed by atoms with van der Waals surface area (Å²) in [6, 6.07) is 3.07. The fourth-order valence-corrected chi connectivity index (χ4v) is 2.85. The van der Waals surface area contributed by atoms with E-state index in [0.717, 1.165) is 16.9 Å². The van der Waals surface area contributed by atoms with Crippen LogP contribution in [0.3, 0.4) is 0 Å². The van der Waals surface area contributed by atoms with Crippen molar-refractivity contribution in [3.63, 3.8) is 0 Å². The summed E-state index contributed by atoms with van der Waals surface area (Å²) in [5, 5.41) is 11.4. The number of aliphatic carboxylic acids is 1. The molecule has 2 aromatic heterocycles. The lowest BCUT2D eigenvalue weighted by molar-refractivity contribution is -0.140. The van der Waals surface area contributed by atoms with Crippen molar-refractivity contribution < 1.29 is 14.7 Å². The number of carboxylic acid groups (broad SMARTS) is 1. The van der Waals surface area contributed by atoms with Crippen LogP contribution >= 0.6 is 11.8 Å². The van der Waals surface area contributed by atoms with Crippen molar-refractivity contribution in [2.75, 3.05) is 5.75 Å². The number of hydrogen-bond donors (Lipinski definition) is 2. The van der Waals surface area contributed by atoms with Crippen molar-refractivity contribution in [3.8, 4) is 0 Å². The number of aromatic nitrogens is 2. The van der Waals surface area contributed by atoms with Crippen molar-refractivity contribution in [1.82, 2.24) is 14.7 Å². The molecule has 0 aromatic carbocycles. The van der Waals surface area contributed by atoms with Gasteiger partial charge >= 0.3 is 5.97 Å². The van der Waals surface area contributed by atoms with Gasteiger partial charge in [0, 0.05) is 30.8 Å². The number of rotatable bonds is 6. The van der Waals surface area contributed by atoms with Gasteiger partial charge in [-0.25, -0.2) is 9.78 Å². The van der Waals surface area contributed by atoms with Crippen LogP contribution in [0.15, 0.2) is 24.5 Å². The lowest BCUT2D eigenvalue weighted by Gasteiger charge is -2.11. The minimum atomic E-state index is -1.02. The van der Waals surface area contributed by atoms with Crippen molar-refractivity contribution in [3.05, 3.63) is 35.8 Å². The fourth-order valence-electron chi connectivity index (χ4n) is 1.93. The first-order valence-corrected chi connectivity index (χ1v) is 7.63. The number of thioether (sulfide) groups is 1. The zero-order valence-corrected chi connectivity index (χ0v) is 12.7. The normalized spacial score (nSPS) is 12.3. The molecular weight excluding hydrogens is 290 g/mol. The van der Waals surface area contributed by atoms with Gasteiger partial charge in [0.1, 0.15) is 11.7 Å². The Morgan fingerprint density at radius 2 is 2.19 bits per heavy atom. The van der Waals surface area contributed by atoms with Crippen LogP contribution in [0.25, 0.3) is 5.65 Å². The summed E-state index contributed by atoms with van der Waals surface area (Å²) in [4.78, 5) is 26.4. The maximum atomic E-state index is 11.0. The van der Waals surface area contributed by atoms with Crippen LogP contribution in [-0.4, -0.2) is 38.2 Å². The molecule has 2 aromatic rings. The smallest absolute Gasteiger partial charge is 0.327 e. The lowest BCUT2D eigenvalue weighted by Crippen LogP contribution is -2.41. The molecule has 0 saturated heterocycles. The van der Waals surface area contributed by atoms with Crippen LogP contribution in [0.2, 0.25) is 0 Å². The third kappa shape index (κ3) is 4.22. The summed E-state index contributed by atoms with van der Waals surface area (Å²) in [7, 11) is 0. The van der Waals surface area contributed by atoms with Gasteiger partial charge in [-0.15, -0.1) is 0 Å². The fraction of sp³-hybridized carbons (Fsp3) is 0.357. The predicted molar refractivity (Wildman–Crippen MR) is 81.3 cm³/mol. The zero-order valence-electron chi connectivity index (χ0n) is 11.9. The molecule has 0 aliphatic rings. The standard InChI is InChI=1S/C14H17N3O3S/c1-9-3-4-13-16-11(6-17(13)5-9)7-21-8-12(14(19)20)15-10(2)18/h3-6,12H,7-8H2,1-2H3,(H,15,18)(H,19,20). The zero-order chi connectivity index (χ0) is 15.4. The van der Waals surface area contributed by atoms with Crippen LogP contribution < -0.4 is 5.32 Å². The molecule has 6 nitrogen and oxygen atoms in total. The number of pyridine rings is 1. The highest BCUT2D eigenvalue weighted by atomic mass is 32.2. The second kappa shape index (κ2) is 6.62. The largest absolute Gasteiger partial charge is 0.480 e. The third-order valence-corrected chi connectivity index (χ3v) is 3.93. The SMILES string of the molecule is CC(=O)NC(CSCc1cn2cc(C)ccc2n1)C(=O)O. The third-order valence-electron chi connectivity index (χ3n) is 2.86. The molecule has 112 valence electrons. The first kappa shape index (κ1) is 15.4. The molecule has 2 heterocycles. The van der Waals surface area contributed by atoms with Gasteiger partial charge in [0.05, 0.1) is 5.69 Å². The lowest BCUT2D eigenvalue weighted by atomic mass is 10.3. The van der Waals surface area contributed by atoms with E-state index in [1.54, 1.807) is 0 Å². The van der Waals surface area contributed by atoms with Crippen LogP contribution in [0, 0.1) is 6.92 Å². The molecule has 2 N–H and O–H groups in total. The van der Waals surface area contributed by atoms with Gasteiger partial charge in [0.25, 0.3) is 0 Å². The second-order valence-electron chi connectivity index (χ2n) is 4.81. The summed E-state index contributed by atoms with van der Waals surface area (Å²) in [6.45, 7) is 3.32. The average Bonchev–Trinajstić information content (AvgIpc) is 2.78. The highest BCUT2D eigenvalue weighted by Gasteiger charge is 2.18. The van der Waals surface area contributed by atoms with Crippen molar-refractivity contribution in [1.29, 1.82) is 0 Å². The van der Waals surface area contributed by atoms with Crippen LogP contribution in [0.4, 0.5) is 0 Å². The number of amides is 1. The summed E-state index contributed by atoms with van der Waals surface area (Å²) in [5.41, 5.74) is 2.90. The molecule has 7 heteroatoms. The van der Waals surface area contributed by atoms with Gasteiger partial charge < -0.3 is 14.8 Å². The predicted octanol–water partition coefficient (Wildman–Crippen LogP) is 1.47. The van der Waals surface area contributed by atoms with E-state index in [1.807, 2.05) is 35.9 Å². The summed E-state index contributed by atoms with van der Waals surface area (Å²) in [6.07, 6.45) is 3.93. The monoisotopic (exact) mass is 307 g/mol. The van der Waals surface area contributed by atoms with Gasteiger partial charge in [-0.1, -0.05) is 6.07 Å². The van der Waals surface area contributed by atoms with Crippen LogP contribution in [0.1, 0.15) is 18.2 Å². The summed E-state index contributed by atoms with van der Waals surface area (Å²) in [5.74, 6) is -0.458. The topological polar surface area (TPSA) is 83.7 Å². The minimum Gasteiger partial charge on any atom is -0.480 e. The Labute approximate surface area is 126 Å². The van der Waals surface area contributed by atoms with E-state index < -0.39 is 12.0 Å². The molecule has 0 aliphatic heterocycles. The molecule has 0 saturated carbocycles. The molecule has 0 radical (unpaired) electrons. The van der Waals surface area contributed by atoms with Gasteiger partial charge in [0.2, 0.25) is 5.91 Å². The van der Waals surface area contributed by atoms with Gasteiger partial charge in [0.15, 0.2) is 0 Å². The number of fused-ring (bicyclic) bond motifs is 1. The van der Waals surface area contributed by atoms with Crippen LogP contribution in [0.5, 0.6) is 0 Å². The van der Waals surface area contributed by atoms with E-state index in [4.69, 9.17) is 5.11 Å². The second-order valence-corrected chi connectivity index (χ2v) is 5.84. The Balaban J connectivity index is 1.94. The molecule has 0 spiro atoms. The molecule has 1 amide bonds. The number of carbonyl (C=O) groups excluding carboxylic acids is 1. The van der Waals surface area contributed by atoms with Gasteiger partial charge in [-0.3, -0.25) is 4.79 Å². The molecule has 0 bridgehead atoms. The van der Waals surface area contributed by atoms with Crippen molar-refractivity contribution in [2.24, 2.45) is 0 Å². The highest BCUT2D eigenvalue weighted by Crippen LogP contribution is 2.14. The first-order chi connectivity index (χ1) is 9.95. The number of hydrogen-bond acceptors (Lipinski definition) is 4. The number of nitrogens with one attached hydrogen (secondary N) is 1. The van der Waals surface area contributed by atoms with E-state index in [9.17, 15) is 9.59 Å². The minimum absolute atomic E-state index is 0.307. The molecule has 1 unspecified atom stereocenters. The maximum Gasteiger partial charge on any atom is 0.327 e. The highest BCUT2D eigenvalue weighted by molar-refractivity contribution is 7.98. The summed E-state index contributed by atoms with van der Waals surface area (Å²) >= 11 is 1.43. The van der Waals surface area contributed by atoms with Gasteiger partial charge in [-0.05, 0) is 18.6 Å². The Kier molecular flexibility index (Phi) is 4.85. The van der Waals surface area contributed by atoms with Crippen molar-refractivity contribution in [2.45, 2.75) is 25.6 Å². The number of nitrogens with zero attached hydrogens (tertiary/aromatic N) is 2. The number of aryl methyl sites for hydroxylation is 1. The number of imidazole rings is 1. The van der Waals surface area contributed by atoms with E-state index >= 15 is 0 Å². The summed E-state index contributed by atoms with van der Waals surface area (Å²) < 4.78 is 1.95. The molecule has 1 atom stereocenters. The first-order valence-electron chi connectivity index (χ1n) is 6.47. The molecule has 2 rings (SSSR count). The Morgan fingerprint density at radius 1 is 1.43 bits per heavy atom. The van der Waals surface area contributed by atoms with Crippen LogP contribution in [-0.2, 0) is 15.3 Å².